The minimum atomic E-state index is -0.0358. The number of nitrogens with one attached hydrogen (secondary N) is 1. The van der Waals surface area contributed by atoms with Gasteiger partial charge in [-0.15, -0.1) is 0 Å². The van der Waals surface area contributed by atoms with Gasteiger partial charge in [0.15, 0.2) is 11.5 Å². The van der Waals surface area contributed by atoms with Gasteiger partial charge in [0, 0.05) is 38.2 Å². The maximum Gasteiger partial charge on any atom is 0.217 e. The van der Waals surface area contributed by atoms with E-state index in [0.29, 0.717) is 12.6 Å². The third-order valence-corrected chi connectivity index (χ3v) is 6.11. The van der Waals surface area contributed by atoms with Crippen LogP contribution in [0.5, 0.6) is 17.2 Å². The summed E-state index contributed by atoms with van der Waals surface area (Å²) in [5.41, 5.74) is 6.32. The fourth-order valence-electron chi connectivity index (χ4n) is 4.63. The summed E-state index contributed by atoms with van der Waals surface area (Å²) in [6, 6.07) is 8.75. The van der Waals surface area contributed by atoms with Crippen LogP contribution in [-0.4, -0.2) is 38.7 Å². The molecule has 0 fully saturated rings. The van der Waals surface area contributed by atoms with E-state index in [2.05, 4.69) is 28.4 Å². The van der Waals surface area contributed by atoms with E-state index in [1.54, 1.807) is 28.3 Å². The maximum atomic E-state index is 11.5. The highest BCUT2D eigenvalue weighted by atomic mass is 16.5. The van der Waals surface area contributed by atoms with E-state index in [9.17, 15) is 4.79 Å². The molecule has 0 aliphatic carbocycles. The fraction of sp³-hybridized carbons (Fsp3) is 0.435. The second kappa shape index (κ2) is 7.95. The van der Waals surface area contributed by atoms with Gasteiger partial charge in [0.1, 0.15) is 5.75 Å². The molecule has 0 saturated carbocycles. The number of carbonyl (C=O) groups is 1. The van der Waals surface area contributed by atoms with Gasteiger partial charge in [-0.1, -0.05) is 6.07 Å². The summed E-state index contributed by atoms with van der Waals surface area (Å²) >= 11 is 0. The Kier molecular flexibility index (Phi) is 5.37. The molecule has 4 rings (SSSR count). The van der Waals surface area contributed by atoms with Crippen molar-refractivity contribution < 1.29 is 19.0 Å². The van der Waals surface area contributed by atoms with E-state index >= 15 is 0 Å². The van der Waals surface area contributed by atoms with Crippen molar-refractivity contribution in [3.05, 3.63) is 52.1 Å². The second-order valence-corrected chi connectivity index (χ2v) is 7.64. The number of benzene rings is 2. The lowest BCUT2D eigenvalue weighted by Gasteiger charge is -2.42. The van der Waals surface area contributed by atoms with Crippen LogP contribution < -0.4 is 19.5 Å². The number of nitrogens with zero attached hydrogens (tertiary/aromatic N) is 1. The first-order valence-electron chi connectivity index (χ1n) is 9.96. The van der Waals surface area contributed by atoms with E-state index in [-0.39, 0.29) is 5.91 Å². The normalized spacial score (nSPS) is 17.6. The molecule has 1 amide bonds. The number of hydrogen-bond donors (Lipinski definition) is 1. The summed E-state index contributed by atoms with van der Waals surface area (Å²) in [5.74, 6) is 2.37. The van der Waals surface area contributed by atoms with Gasteiger partial charge in [-0.2, -0.15) is 0 Å². The molecule has 2 aromatic rings. The molecule has 2 heterocycles. The number of ether oxygens (including phenoxy) is 3. The van der Waals surface area contributed by atoms with Crippen molar-refractivity contribution in [1.82, 2.24) is 10.2 Å². The van der Waals surface area contributed by atoms with Crippen LogP contribution in [0.1, 0.15) is 40.8 Å². The SMILES string of the molecule is COc1cc2c(cc1OC)C1Cc3ccc(OC)c(CNC(C)=O)c3CN1CC2. The molecule has 154 valence electrons. The Hall–Kier alpha value is -2.73. The lowest BCUT2D eigenvalue weighted by molar-refractivity contribution is -0.119. The van der Waals surface area contributed by atoms with Crippen LogP contribution in [0.25, 0.3) is 0 Å². The van der Waals surface area contributed by atoms with Crippen LogP contribution in [-0.2, 0) is 30.7 Å². The zero-order chi connectivity index (χ0) is 20.5. The Morgan fingerprint density at radius 1 is 1.07 bits per heavy atom. The topological polar surface area (TPSA) is 60.0 Å². The van der Waals surface area contributed by atoms with Crippen molar-refractivity contribution in [2.45, 2.75) is 38.9 Å². The Labute approximate surface area is 171 Å². The summed E-state index contributed by atoms with van der Waals surface area (Å²) < 4.78 is 16.6. The molecule has 2 aliphatic rings. The van der Waals surface area contributed by atoms with Crippen LogP contribution in [0.3, 0.4) is 0 Å². The summed E-state index contributed by atoms with van der Waals surface area (Å²) in [6.45, 7) is 3.87. The first-order chi connectivity index (χ1) is 14.0. The van der Waals surface area contributed by atoms with E-state index in [0.717, 1.165) is 48.7 Å². The largest absolute Gasteiger partial charge is 0.496 e. The molecular formula is C23H28N2O4. The van der Waals surface area contributed by atoms with Crippen molar-refractivity contribution in [3.63, 3.8) is 0 Å². The highest BCUT2D eigenvalue weighted by molar-refractivity contribution is 5.73. The third-order valence-electron chi connectivity index (χ3n) is 6.11. The van der Waals surface area contributed by atoms with Gasteiger partial charge in [0.05, 0.1) is 21.3 Å². The molecule has 0 radical (unpaired) electrons. The van der Waals surface area contributed by atoms with Gasteiger partial charge in [-0.05, 0) is 53.3 Å². The van der Waals surface area contributed by atoms with E-state index in [4.69, 9.17) is 14.2 Å². The lowest BCUT2D eigenvalue weighted by Crippen LogP contribution is -2.40. The second-order valence-electron chi connectivity index (χ2n) is 7.64. The quantitative estimate of drug-likeness (QED) is 0.842. The van der Waals surface area contributed by atoms with Crippen LogP contribution >= 0.6 is 0 Å². The summed E-state index contributed by atoms with van der Waals surface area (Å²) in [7, 11) is 5.04. The van der Waals surface area contributed by atoms with Crippen molar-refractivity contribution in [2.24, 2.45) is 0 Å². The number of rotatable bonds is 5. The monoisotopic (exact) mass is 396 g/mol. The highest BCUT2D eigenvalue weighted by Gasteiger charge is 2.34. The Balaban J connectivity index is 1.72. The number of fused-ring (bicyclic) bond motifs is 4. The van der Waals surface area contributed by atoms with Crippen molar-refractivity contribution in [3.8, 4) is 17.2 Å². The van der Waals surface area contributed by atoms with Gasteiger partial charge < -0.3 is 19.5 Å². The molecule has 29 heavy (non-hydrogen) atoms. The third kappa shape index (κ3) is 3.53. The molecule has 1 unspecified atom stereocenters. The molecule has 2 aliphatic heterocycles. The zero-order valence-corrected chi connectivity index (χ0v) is 17.5. The Bertz CT molecular complexity index is 941. The smallest absolute Gasteiger partial charge is 0.217 e. The van der Waals surface area contributed by atoms with Crippen molar-refractivity contribution in [2.75, 3.05) is 27.9 Å². The number of hydrogen-bond acceptors (Lipinski definition) is 5. The van der Waals surface area contributed by atoms with Gasteiger partial charge in [0.2, 0.25) is 5.91 Å². The molecule has 1 N–H and O–H groups in total. The molecule has 6 nitrogen and oxygen atoms in total. The Morgan fingerprint density at radius 3 is 2.48 bits per heavy atom. The molecular weight excluding hydrogens is 368 g/mol. The molecule has 0 spiro atoms. The summed E-state index contributed by atoms with van der Waals surface area (Å²) in [6.07, 6.45) is 1.90. The number of methoxy groups -OCH3 is 3. The van der Waals surface area contributed by atoms with Crippen LogP contribution in [0.15, 0.2) is 24.3 Å². The molecule has 0 bridgehead atoms. The average molecular weight is 396 g/mol. The van der Waals surface area contributed by atoms with Crippen LogP contribution in [0.2, 0.25) is 0 Å². The van der Waals surface area contributed by atoms with Crippen molar-refractivity contribution >= 4 is 5.91 Å². The number of amides is 1. The number of carbonyl (C=O) groups excluding carboxylic acids is 1. The fourth-order valence-corrected chi connectivity index (χ4v) is 4.63. The lowest BCUT2D eigenvalue weighted by atomic mass is 9.82. The zero-order valence-electron chi connectivity index (χ0n) is 17.5. The molecule has 2 aromatic carbocycles. The van der Waals surface area contributed by atoms with Gasteiger partial charge in [-0.25, -0.2) is 0 Å². The first kappa shape index (κ1) is 19.6. The standard InChI is InChI=1S/C23H28N2O4/c1-14(26)24-12-18-19-13-25-8-7-16-10-22(28-3)23(29-4)11-17(16)20(25)9-15(19)5-6-21(18)27-2/h5-6,10-11,20H,7-9,12-13H2,1-4H3,(H,24,26). The van der Waals surface area contributed by atoms with E-state index in [1.165, 1.54) is 22.3 Å². The summed E-state index contributed by atoms with van der Waals surface area (Å²) in [4.78, 5) is 14.0. The van der Waals surface area contributed by atoms with E-state index < -0.39 is 0 Å². The van der Waals surface area contributed by atoms with Gasteiger partial charge in [-0.3, -0.25) is 9.69 Å². The summed E-state index contributed by atoms with van der Waals surface area (Å²) in [5, 5.41) is 2.93. The van der Waals surface area contributed by atoms with Gasteiger partial charge in [0.25, 0.3) is 0 Å². The average Bonchev–Trinajstić information content (AvgIpc) is 2.74. The molecule has 1 atom stereocenters. The molecule has 0 saturated heterocycles. The predicted octanol–water partition coefficient (Wildman–Crippen LogP) is 3.00. The van der Waals surface area contributed by atoms with Crippen molar-refractivity contribution in [1.29, 1.82) is 0 Å². The van der Waals surface area contributed by atoms with Crippen LogP contribution in [0, 0.1) is 0 Å². The maximum absolute atomic E-state index is 11.5. The predicted molar refractivity (Wildman–Crippen MR) is 111 cm³/mol. The van der Waals surface area contributed by atoms with Crippen LogP contribution in [0.4, 0.5) is 0 Å². The minimum absolute atomic E-state index is 0.0358. The minimum Gasteiger partial charge on any atom is -0.496 e. The molecule has 0 aromatic heterocycles. The van der Waals surface area contributed by atoms with Gasteiger partial charge >= 0.3 is 0 Å². The molecule has 6 heteroatoms. The first-order valence-corrected chi connectivity index (χ1v) is 9.96. The highest BCUT2D eigenvalue weighted by Crippen LogP contribution is 2.43. The van der Waals surface area contributed by atoms with E-state index in [1.807, 2.05) is 6.07 Å². The Morgan fingerprint density at radius 2 is 1.79 bits per heavy atom.